The third-order valence-electron chi connectivity index (χ3n) is 4.60. The molecule has 0 saturated carbocycles. The number of anilines is 1. The molecule has 0 spiro atoms. The molecule has 0 unspecified atom stereocenters. The van der Waals surface area contributed by atoms with Gasteiger partial charge in [-0.15, -0.1) is 23.5 Å². The first-order valence-corrected chi connectivity index (χ1v) is 11.6. The summed E-state index contributed by atoms with van der Waals surface area (Å²) in [6.07, 6.45) is 0. The number of carbonyl (C=O) groups excluding carboxylic acids is 2. The molecular formula is C22H26N2O2S2. The Hall–Kier alpha value is -1.92. The van der Waals surface area contributed by atoms with Crippen molar-refractivity contribution in [2.75, 3.05) is 16.8 Å². The zero-order chi connectivity index (χ0) is 20.1. The summed E-state index contributed by atoms with van der Waals surface area (Å²) in [5.41, 5.74) is 3.63. The highest BCUT2D eigenvalue weighted by Gasteiger charge is 2.25. The third-order valence-corrected chi connectivity index (χ3v) is 7.70. The second-order valence-corrected chi connectivity index (χ2v) is 9.97. The topological polar surface area (TPSA) is 58.2 Å². The lowest BCUT2D eigenvalue weighted by Crippen LogP contribution is -2.47. The van der Waals surface area contributed by atoms with Gasteiger partial charge in [-0.2, -0.15) is 0 Å². The van der Waals surface area contributed by atoms with Gasteiger partial charge in [0.15, 0.2) is 0 Å². The summed E-state index contributed by atoms with van der Waals surface area (Å²) in [4.78, 5) is 25.4. The number of benzene rings is 2. The number of rotatable bonds is 6. The predicted octanol–water partition coefficient (Wildman–Crippen LogP) is 4.87. The second-order valence-electron chi connectivity index (χ2n) is 7.25. The molecule has 0 aliphatic carbocycles. The molecule has 1 aliphatic heterocycles. The molecule has 1 fully saturated rings. The van der Waals surface area contributed by atoms with Crippen molar-refractivity contribution >= 4 is 41.0 Å². The largest absolute Gasteiger partial charge is 0.340 e. The Bertz CT molecular complexity index is 831. The quantitative estimate of drug-likeness (QED) is 0.708. The van der Waals surface area contributed by atoms with E-state index in [9.17, 15) is 9.59 Å². The van der Waals surface area contributed by atoms with Gasteiger partial charge in [-0.25, -0.2) is 0 Å². The van der Waals surface area contributed by atoms with E-state index in [0.717, 1.165) is 22.8 Å². The molecule has 2 N–H and O–H groups in total. The minimum atomic E-state index is -0.604. The molecule has 4 nitrogen and oxygen atoms in total. The average Bonchev–Trinajstić information content (AvgIpc) is 3.21. The number of thioether (sulfide) groups is 2. The van der Waals surface area contributed by atoms with E-state index >= 15 is 0 Å². The van der Waals surface area contributed by atoms with Crippen LogP contribution in [0.1, 0.15) is 39.9 Å². The molecule has 1 heterocycles. The summed E-state index contributed by atoms with van der Waals surface area (Å²) in [6, 6.07) is 14.7. The first-order valence-electron chi connectivity index (χ1n) is 9.45. The zero-order valence-electron chi connectivity index (χ0n) is 16.4. The van der Waals surface area contributed by atoms with E-state index in [0.29, 0.717) is 10.1 Å². The van der Waals surface area contributed by atoms with Crippen LogP contribution in [0.3, 0.4) is 0 Å². The Labute approximate surface area is 175 Å². The van der Waals surface area contributed by atoms with E-state index in [1.165, 1.54) is 5.56 Å². The van der Waals surface area contributed by atoms with Gasteiger partial charge in [-0.3, -0.25) is 9.59 Å². The van der Waals surface area contributed by atoms with E-state index in [2.05, 4.69) is 16.7 Å². The number of amides is 2. The second kappa shape index (κ2) is 9.52. The standard InChI is InChI=1S/C22H26N2O2S2/c1-14(2)19(24-20(25)16-9-7-15(3)8-10-16)21(26)23-18-6-4-5-17(13-18)22-27-11-12-28-22/h4-10,13-14,19,22H,11-12H2,1-3H3,(H,23,26)(H,24,25)/t19-/m0/s1. The normalized spacial score (nSPS) is 15.4. The molecule has 2 amide bonds. The minimum absolute atomic E-state index is 0.0291. The maximum Gasteiger partial charge on any atom is 0.251 e. The summed E-state index contributed by atoms with van der Waals surface area (Å²) >= 11 is 3.87. The molecule has 0 radical (unpaired) electrons. The average molecular weight is 415 g/mol. The van der Waals surface area contributed by atoms with Crippen LogP contribution in [0.5, 0.6) is 0 Å². The molecule has 0 aromatic heterocycles. The highest BCUT2D eigenvalue weighted by atomic mass is 32.2. The fourth-order valence-corrected chi connectivity index (χ4v) is 5.84. The smallest absolute Gasteiger partial charge is 0.251 e. The van der Waals surface area contributed by atoms with Crippen LogP contribution < -0.4 is 10.6 Å². The molecule has 0 bridgehead atoms. The van der Waals surface area contributed by atoms with Gasteiger partial charge in [-0.05, 0) is 42.7 Å². The van der Waals surface area contributed by atoms with E-state index in [-0.39, 0.29) is 17.7 Å². The third kappa shape index (κ3) is 5.32. The van der Waals surface area contributed by atoms with Crippen molar-refractivity contribution in [3.05, 3.63) is 65.2 Å². The van der Waals surface area contributed by atoms with Crippen LogP contribution >= 0.6 is 23.5 Å². The van der Waals surface area contributed by atoms with Gasteiger partial charge in [-0.1, -0.05) is 43.7 Å². The summed E-state index contributed by atoms with van der Waals surface area (Å²) in [5, 5.41) is 5.86. The van der Waals surface area contributed by atoms with Gasteiger partial charge in [0.1, 0.15) is 6.04 Å². The van der Waals surface area contributed by atoms with Gasteiger partial charge in [0.2, 0.25) is 5.91 Å². The van der Waals surface area contributed by atoms with Crippen LogP contribution in [0.2, 0.25) is 0 Å². The fraction of sp³-hybridized carbons (Fsp3) is 0.364. The molecule has 28 heavy (non-hydrogen) atoms. The first-order chi connectivity index (χ1) is 13.4. The summed E-state index contributed by atoms with van der Waals surface area (Å²) in [7, 11) is 0. The van der Waals surface area contributed by atoms with E-state index < -0.39 is 6.04 Å². The maximum atomic E-state index is 12.9. The molecule has 1 atom stereocenters. The Morgan fingerprint density at radius 2 is 1.71 bits per heavy atom. The molecule has 1 aliphatic rings. The molecule has 1 saturated heterocycles. The molecule has 2 aromatic rings. The SMILES string of the molecule is Cc1ccc(C(=O)N[C@H](C(=O)Nc2cccc(C3SCCS3)c2)C(C)C)cc1. The Morgan fingerprint density at radius 3 is 2.36 bits per heavy atom. The van der Waals surface area contributed by atoms with Crippen molar-refractivity contribution in [3.63, 3.8) is 0 Å². The van der Waals surface area contributed by atoms with Crippen molar-refractivity contribution in [1.29, 1.82) is 0 Å². The molecule has 148 valence electrons. The first kappa shape index (κ1) is 20.8. The van der Waals surface area contributed by atoms with Gasteiger partial charge in [0, 0.05) is 22.8 Å². The maximum absolute atomic E-state index is 12.9. The van der Waals surface area contributed by atoms with Gasteiger partial charge in [0.25, 0.3) is 5.91 Å². The van der Waals surface area contributed by atoms with Crippen LogP contribution in [0, 0.1) is 12.8 Å². The number of nitrogens with one attached hydrogen (secondary N) is 2. The van der Waals surface area contributed by atoms with Crippen LogP contribution in [0.4, 0.5) is 5.69 Å². The predicted molar refractivity (Wildman–Crippen MR) is 120 cm³/mol. The van der Waals surface area contributed by atoms with Crippen molar-refractivity contribution < 1.29 is 9.59 Å². The Kier molecular flexibility index (Phi) is 7.08. The highest BCUT2D eigenvalue weighted by molar-refractivity contribution is 8.19. The lowest BCUT2D eigenvalue weighted by atomic mass is 10.0. The van der Waals surface area contributed by atoms with Gasteiger partial charge < -0.3 is 10.6 Å². The number of carbonyl (C=O) groups is 2. The Balaban J connectivity index is 1.68. The van der Waals surface area contributed by atoms with Crippen LogP contribution in [-0.2, 0) is 4.79 Å². The zero-order valence-corrected chi connectivity index (χ0v) is 18.0. The number of hydrogen-bond acceptors (Lipinski definition) is 4. The van der Waals surface area contributed by atoms with Crippen molar-refractivity contribution in [3.8, 4) is 0 Å². The number of aryl methyl sites for hydroxylation is 1. The number of hydrogen-bond donors (Lipinski definition) is 2. The van der Waals surface area contributed by atoms with Gasteiger partial charge >= 0.3 is 0 Å². The monoisotopic (exact) mass is 414 g/mol. The van der Waals surface area contributed by atoms with E-state index in [4.69, 9.17) is 0 Å². The van der Waals surface area contributed by atoms with E-state index in [1.807, 2.05) is 74.6 Å². The van der Waals surface area contributed by atoms with Crippen molar-refractivity contribution in [2.24, 2.45) is 5.92 Å². The van der Waals surface area contributed by atoms with Crippen LogP contribution in [-0.4, -0.2) is 29.4 Å². The molecule has 3 rings (SSSR count). The summed E-state index contributed by atoms with van der Waals surface area (Å²) < 4.78 is 0.430. The molecular weight excluding hydrogens is 388 g/mol. The minimum Gasteiger partial charge on any atom is -0.340 e. The Morgan fingerprint density at radius 1 is 1.04 bits per heavy atom. The van der Waals surface area contributed by atoms with Crippen molar-refractivity contribution in [1.82, 2.24) is 5.32 Å². The lowest BCUT2D eigenvalue weighted by molar-refractivity contribution is -0.118. The summed E-state index contributed by atoms with van der Waals surface area (Å²) in [5.74, 6) is 1.86. The molecule has 6 heteroatoms. The van der Waals surface area contributed by atoms with Crippen molar-refractivity contribution in [2.45, 2.75) is 31.4 Å². The molecule has 2 aromatic carbocycles. The van der Waals surface area contributed by atoms with Crippen LogP contribution in [0.15, 0.2) is 48.5 Å². The lowest BCUT2D eigenvalue weighted by Gasteiger charge is -2.22. The highest BCUT2D eigenvalue weighted by Crippen LogP contribution is 2.45. The van der Waals surface area contributed by atoms with Crippen LogP contribution in [0.25, 0.3) is 0 Å². The fourth-order valence-electron chi connectivity index (χ4n) is 3.00. The van der Waals surface area contributed by atoms with Gasteiger partial charge in [0.05, 0.1) is 4.58 Å². The summed E-state index contributed by atoms with van der Waals surface area (Å²) in [6.45, 7) is 5.84. The van der Waals surface area contributed by atoms with E-state index in [1.54, 1.807) is 12.1 Å².